The van der Waals surface area contributed by atoms with Crippen LogP contribution in [0.15, 0.2) is 40.7 Å². The molecular formula is C14H6ClF2NO2S. The van der Waals surface area contributed by atoms with E-state index in [0.717, 1.165) is 18.2 Å². The summed E-state index contributed by atoms with van der Waals surface area (Å²) < 4.78 is 27.1. The monoisotopic (exact) mass is 325 g/mol. The van der Waals surface area contributed by atoms with Crippen LogP contribution in [0.3, 0.4) is 0 Å². The van der Waals surface area contributed by atoms with Gasteiger partial charge in [-0.05, 0) is 23.6 Å². The second kappa shape index (κ2) is 5.05. The third kappa shape index (κ3) is 2.16. The van der Waals surface area contributed by atoms with Crippen molar-refractivity contribution in [2.45, 2.75) is 0 Å². The van der Waals surface area contributed by atoms with E-state index in [9.17, 15) is 18.4 Å². The molecule has 0 bridgehead atoms. The lowest BCUT2D eigenvalue weighted by Gasteiger charge is -2.15. The van der Waals surface area contributed by atoms with Crippen LogP contribution in [0, 0.1) is 11.6 Å². The number of halogens is 3. The average molecular weight is 326 g/mol. The van der Waals surface area contributed by atoms with Gasteiger partial charge in [-0.25, -0.2) is 13.7 Å². The van der Waals surface area contributed by atoms with Crippen LogP contribution in [0.1, 0.15) is 4.88 Å². The summed E-state index contributed by atoms with van der Waals surface area (Å²) in [5.41, 5.74) is -0.449. The molecule has 3 rings (SSSR count). The predicted molar refractivity (Wildman–Crippen MR) is 75.9 cm³/mol. The zero-order valence-corrected chi connectivity index (χ0v) is 11.8. The quantitative estimate of drug-likeness (QED) is 0.792. The van der Waals surface area contributed by atoms with Crippen molar-refractivity contribution in [3.05, 3.63) is 57.3 Å². The number of hydrogen-bond acceptors (Lipinski definition) is 3. The third-order valence-electron chi connectivity index (χ3n) is 2.94. The van der Waals surface area contributed by atoms with Crippen molar-refractivity contribution in [2.75, 3.05) is 4.90 Å². The molecule has 0 saturated carbocycles. The molecule has 1 aliphatic rings. The number of benzene rings is 1. The Balaban J connectivity index is 2.11. The molecule has 2 amide bonds. The van der Waals surface area contributed by atoms with Gasteiger partial charge in [0.2, 0.25) is 0 Å². The van der Waals surface area contributed by atoms with Crippen molar-refractivity contribution in [1.29, 1.82) is 0 Å². The molecule has 3 nitrogen and oxygen atoms in total. The maximum atomic E-state index is 13.8. The van der Waals surface area contributed by atoms with E-state index in [1.807, 2.05) is 0 Å². The summed E-state index contributed by atoms with van der Waals surface area (Å²) >= 11 is 7.13. The van der Waals surface area contributed by atoms with Crippen LogP contribution >= 0.6 is 22.9 Å². The number of carbonyl (C=O) groups excluding carboxylic acids is 2. The first-order valence-electron chi connectivity index (χ1n) is 5.78. The summed E-state index contributed by atoms with van der Waals surface area (Å²) in [7, 11) is 0. The Kier molecular flexibility index (Phi) is 3.35. The molecule has 0 aliphatic carbocycles. The molecule has 2 aromatic rings. The number of rotatable bonds is 2. The van der Waals surface area contributed by atoms with Gasteiger partial charge in [0.25, 0.3) is 11.8 Å². The Bertz CT molecular complexity index is 786. The zero-order chi connectivity index (χ0) is 15.1. The van der Waals surface area contributed by atoms with Crippen LogP contribution in [0.25, 0.3) is 5.57 Å². The van der Waals surface area contributed by atoms with Crippen LogP contribution in [-0.4, -0.2) is 11.8 Å². The topological polar surface area (TPSA) is 37.4 Å². The van der Waals surface area contributed by atoms with Crippen LogP contribution in [-0.2, 0) is 9.59 Å². The molecular weight excluding hydrogens is 320 g/mol. The van der Waals surface area contributed by atoms with E-state index >= 15 is 0 Å². The largest absolute Gasteiger partial charge is 0.277 e. The molecule has 106 valence electrons. The summed E-state index contributed by atoms with van der Waals surface area (Å²) in [5.74, 6) is -3.27. The summed E-state index contributed by atoms with van der Waals surface area (Å²) in [6.45, 7) is 0. The lowest BCUT2D eigenvalue weighted by molar-refractivity contribution is -0.119. The molecule has 0 saturated heterocycles. The lowest BCUT2D eigenvalue weighted by Crippen LogP contribution is -2.32. The highest BCUT2D eigenvalue weighted by Crippen LogP contribution is 2.37. The highest BCUT2D eigenvalue weighted by molar-refractivity contribution is 7.11. The molecule has 1 aromatic heterocycles. The molecule has 7 heteroatoms. The van der Waals surface area contributed by atoms with Gasteiger partial charge in [0.1, 0.15) is 16.7 Å². The molecule has 0 atom stereocenters. The minimum Gasteiger partial charge on any atom is -0.268 e. The van der Waals surface area contributed by atoms with E-state index in [1.165, 1.54) is 11.3 Å². The molecule has 1 aromatic carbocycles. The predicted octanol–water partition coefficient (Wildman–Crippen LogP) is 3.55. The van der Waals surface area contributed by atoms with Crippen LogP contribution < -0.4 is 4.90 Å². The maximum absolute atomic E-state index is 13.8. The summed E-state index contributed by atoms with van der Waals surface area (Å²) in [4.78, 5) is 25.5. The van der Waals surface area contributed by atoms with Crippen LogP contribution in [0.5, 0.6) is 0 Å². The van der Waals surface area contributed by atoms with Gasteiger partial charge in [0, 0.05) is 10.9 Å². The fourth-order valence-corrected chi connectivity index (χ4v) is 3.10. The molecule has 0 spiro atoms. The highest BCUT2D eigenvalue weighted by atomic mass is 35.5. The summed E-state index contributed by atoms with van der Waals surface area (Å²) in [6.07, 6.45) is 0. The molecule has 0 fully saturated rings. The van der Waals surface area contributed by atoms with Gasteiger partial charge in [-0.15, -0.1) is 11.3 Å². The average Bonchev–Trinajstić information content (AvgIpc) is 3.02. The Morgan fingerprint density at radius 2 is 1.86 bits per heavy atom. The van der Waals surface area contributed by atoms with Crippen molar-refractivity contribution in [3.8, 4) is 0 Å². The van der Waals surface area contributed by atoms with Gasteiger partial charge < -0.3 is 0 Å². The van der Waals surface area contributed by atoms with Gasteiger partial charge >= 0.3 is 0 Å². The van der Waals surface area contributed by atoms with Crippen molar-refractivity contribution in [2.24, 2.45) is 0 Å². The van der Waals surface area contributed by atoms with E-state index in [-0.39, 0.29) is 10.6 Å². The maximum Gasteiger partial charge on any atom is 0.277 e. The summed E-state index contributed by atoms with van der Waals surface area (Å²) in [6, 6.07) is 5.85. The third-order valence-corrected chi connectivity index (χ3v) is 4.18. The Morgan fingerprint density at radius 3 is 2.52 bits per heavy atom. The Labute approximate surface area is 127 Å². The molecule has 21 heavy (non-hydrogen) atoms. The fourth-order valence-electron chi connectivity index (χ4n) is 2.01. The van der Waals surface area contributed by atoms with E-state index in [4.69, 9.17) is 11.6 Å². The van der Waals surface area contributed by atoms with E-state index in [2.05, 4.69) is 0 Å². The molecule has 1 aliphatic heterocycles. The molecule has 0 radical (unpaired) electrons. The Morgan fingerprint density at radius 1 is 1.10 bits per heavy atom. The smallest absolute Gasteiger partial charge is 0.268 e. The normalized spacial score (nSPS) is 15.3. The number of carbonyl (C=O) groups is 2. The molecule has 0 N–H and O–H groups in total. The van der Waals surface area contributed by atoms with Gasteiger partial charge in [-0.1, -0.05) is 17.7 Å². The van der Waals surface area contributed by atoms with Crippen molar-refractivity contribution in [3.63, 3.8) is 0 Å². The minimum atomic E-state index is -0.880. The van der Waals surface area contributed by atoms with Crippen LogP contribution in [0.4, 0.5) is 14.5 Å². The standard InChI is InChI=1S/C14H6ClF2NO2S/c15-12-11(10-2-1-5-21-10)13(19)18(14(12)20)9-6-7(16)3-4-8(9)17/h1-6H. The van der Waals surface area contributed by atoms with Crippen molar-refractivity contribution < 1.29 is 18.4 Å². The van der Waals surface area contributed by atoms with Gasteiger partial charge in [-0.3, -0.25) is 9.59 Å². The lowest BCUT2D eigenvalue weighted by atomic mass is 10.2. The fraction of sp³-hybridized carbons (Fsp3) is 0. The number of hydrogen-bond donors (Lipinski definition) is 0. The number of amides is 2. The first kappa shape index (κ1) is 13.9. The van der Waals surface area contributed by atoms with Gasteiger partial charge in [0.05, 0.1) is 11.3 Å². The van der Waals surface area contributed by atoms with E-state index in [0.29, 0.717) is 9.78 Å². The first-order chi connectivity index (χ1) is 10.0. The van der Waals surface area contributed by atoms with Crippen molar-refractivity contribution >= 4 is 46.0 Å². The Hall–Kier alpha value is -2.05. The highest BCUT2D eigenvalue weighted by Gasteiger charge is 2.40. The summed E-state index contributed by atoms with van der Waals surface area (Å²) in [5, 5.41) is 1.42. The number of nitrogens with zero attached hydrogens (tertiary/aromatic N) is 1. The number of thiophene rings is 1. The van der Waals surface area contributed by atoms with Crippen LogP contribution in [0.2, 0.25) is 0 Å². The zero-order valence-electron chi connectivity index (χ0n) is 10.3. The van der Waals surface area contributed by atoms with E-state index in [1.54, 1.807) is 17.5 Å². The minimum absolute atomic E-state index is 0.000304. The van der Waals surface area contributed by atoms with E-state index < -0.39 is 29.1 Å². The molecule has 0 unspecified atom stereocenters. The first-order valence-corrected chi connectivity index (χ1v) is 7.04. The second-order valence-electron chi connectivity index (χ2n) is 4.21. The SMILES string of the molecule is O=C1C(Cl)=C(c2cccs2)C(=O)N1c1cc(F)ccc1F. The van der Waals surface area contributed by atoms with Crippen molar-refractivity contribution in [1.82, 2.24) is 0 Å². The van der Waals surface area contributed by atoms with Gasteiger partial charge in [-0.2, -0.15) is 0 Å². The second-order valence-corrected chi connectivity index (χ2v) is 5.53. The number of anilines is 1. The molecule has 2 heterocycles. The van der Waals surface area contributed by atoms with Gasteiger partial charge in [0.15, 0.2) is 0 Å². The number of imide groups is 1.